The van der Waals surface area contributed by atoms with E-state index in [1.165, 1.54) is 0 Å². The number of aromatic hydroxyl groups is 1. The van der Waals surface area contributed by atoms with Gasteiger partial charge in [-0.05, 0) is 70.7 Å². The van der Waals surface area contributed by atoms with Crippen LogP contribution in [-0.2, 0) is 0 Å². The minimum atomic E-state index is -0.286. The minimum Gasteiger partial charge on any atom is -0.507 e. The van der Waals surface area contributed by atoms with E-state index in [1.54, 1.807) is 36.5 Å². The van der Waals surface area contributed by atoms with Crippen LogP contribution in [0.5, 0.6) is 5.75 Å². The van der Waals surface area contributed by atoms with Gasteiger partial charge in [0.15, 0.2) is 0 Å². The van der Waals surface area contributed by atoms with E-state index in [0.717, 1.165) is 16.7 Å². The van der Waals surface area contributed by atoms with Crippen LogP contribution < -0.4 is 5.43 Å². The zero-order chi connectivity index (χ0) is 15.4. The second kappa shape index (κ2) is 6.54. The zero-order valence-electron chi connectivity index (χ0n) is 11.7. The first-order chi connectivity index (χ1) is 9.99. The highest BCUT2D eigenvalue weighted by atomic mass is 79.9. The predicted octanol–water partition coefficient (Wildman–Crippen LogP) is 3.54. The summed E-state index contributed by atoms with van der Waals surface area (Å²) in [5.74, 6) is -0.00431. The Labute approximate surface area is 131 Å². The molecule has 0 atom stereocenters. The van der Waals surface area contributed by atoms with Crippen LogP contribution in [0.3, 0.4) is 0 Å². The monoisotopic (exact) mass is 346 g/mol. The summed E-state index contributed by atoms with van der Waals surface area (Å²) < 4.78 is 0.717. The van der Waals surface area contributed by atoms with Gasteiger partial charge in [0.25, 0.3) is 5.91 Å². The summed E-state index contributed by atoms with van der Waals surface area (Å²) in [5, 5.41) is 13.6. The summed E-state index contributed by atoms with van der Waals surface area (Å²) in [6.07, 6.45) is 1.55. The lowest BCUT2D eigenvalue weighted by atomic mass is 10.1. The van der Waals surface area contributed by atoms with Crippen molar-refractivity contribution < 1.29 is 9.90 Å². The fourth-order valence-electron chi connectivity index (χ4n) is 1.93. The van der Waals surface area contributed by atoms with Crippen LogP contribution in [0.2, 0.25) is 0 Å². The molecule has 108 valence electrons. The van der Waals surface area contributed by atoms with Gasteiger partial charge in [0.1, 0.15) is 5.75 Å². The molecule has 0 saturated carbocycles. The van der Waals surface area contributed by atoms with E-state index in [2.05, 4.69) is 26.5 Å². The number of rotatable bonds is 3. The van der Waals surface area contributed by atoms with Crippen LogP contribution in [0.15, 0.2) is 46.0 Å². The number of phenolic OH excluding ortho intramolecular Hbond substituents is 1. The highest BCUT2D eigenvalue weighted by Gasteiger charge is 2.07. The first-order valence-corrected chi connectivity index (χ1v) is 7.16. The van der Waals surface area contributed by atoms with Crippen molar-refractivity contribution in [3.8, 4) is 5.75 Å². The maximum Gasteiger partial charge on any atom is 0.272 e. The fraction of sp³-hybridized carbons (Fsp3) is 0.125. The molecule has 0 aliphatic rings. The summed E-state index contributed by atoms with van der Waals surface area (Å²) >= 11 is 3.32. The maximum absolute atomic E-state index is 11.9. The van der Waals surface area contributed by atoms with Gasteiger partial charge in [-0.2, -0.15) is 5.10 Å². The molecular formula is C16H15BrN2O2. The Morgan fingerprint density at radius 3 is 2.48 bits per heavy atom. The number of hydrazone groups is 1. The molecule has 0 unspecified atom stereocenters. The van der Waals surface area contributed by atoms with Gasteiger partial charge < -0.3 is 5.11 Å². The second-order valence-corrected chi connectivity index (χ2v) is 5.54. The summed E-state index contributed by atoms with van der Waals surface area (Å²) in [7, 11) is 0. The number of aryl methyl sites for hydroxylation is 2. The maximum atomic E-state index is 11.9. The molecule has 4 nitrogen and oxygen atoms in total. The highest BCUT2D eigenvalue weighted by Crippen LogP contribution is 2.22. The van der Waals surface area contributed by atoms with Crippen LogP contribution in [0.1, 0.15) is 27.0 Å². The quantitative estimate of drug-likeness (QED) is 0.659. The molecule has 5 heteroatoms. The molecule has 0 fully saturated rings. The third-order valence-corrected chi connectivity index (χ3v) is 3.70. The topological polar surface area (TPSA) is 61.7 Å². The average Bonchev–Trinajstić information content (AvgIpc) is 2.45. The zero-order valence-corrected chi connectivity index (χ0v) is 13.3. The van der Waals surface area contributed by atoms with Gasteiger partial charge in [-0.15, -0.1) is 0 Å². The number of hydrogen-bond donors (Lipinski definition) is 2. The van der Waals surface area contributed by atoms with E-state index in [-0.39, 0.29) is 11.7 Å². The highest BCUT2D eigenvalue weighted by molar-refractivity contribution is 9.10. The number of amides is 1. The number of hydrogen-bond acceptors (Lipinski definition) is 3. The number of halogens is 1. The van der Waals surface area contributed by atoms with Crippen molar-refractivity contribution in [2.75, 3.05) is 0 Å². The molecule has 2 aromatic rings. The summed E-state index contributed by atoms with van der Waals surface area (Å²) in [5.41, 5.74) is 5.36. The molecule has 2 rings (SSSR count). The number of nitrogens with one attached hydrogen (secondary N) is 1. The number of phenols is 1. The molecule has 0 heterocycles. The number of benzene rings is 2. The smallest absolute Gasteiger partial charge is 0.272 e. The Hall–Kier alpha value is -2.14. The lowest BCUT2D eigenvalue weighted by molar-refractivity contribution is 0.0954. The van der Waals surface area contributed by atoms with Gasteiger partial charge in [0, 0.05) is 4.47 Å². The first kappa shape index (κ1) is 15.3. The van der Waals surface area contributed by atoms with E-state index in [0.29, 0.717) is 10.0 Å². The number of carbonyl (C=O) groups excluding carboxylic acids is 1. The lowest BCUT2D eigenvalue weighted by Crippen LogP contribution is -2.18. The normalized spacial score (nSPS) is 10.8. The van der Waals surface area contributed by atoms with Crippen molar-refractivity contribution in [1.29, 1.82) is 0 Å². The Bertz CT molecular complexity index is 688. The van der Waals surface area contributed by atoms with Crippen molar-refractivity contribution in [3.63, 3.8) is 0 Å². The largest absolute Gasteiger partial charge is 0.507 e. The SMILES string of the molecule is Cc1cc(/C=N/NC(=O)c2ccccc2Br)cc(C)c1O. The van der Waals surface area contributed by atoms with Crippen LogP contribution in [-0.4, -0.2) is 17.2 Å². The van der Waals surface area contributed by atoms with Gasteiger partial charge >= 0.3 is 0 Å². The van der Waals surface area contributed by atoms with Crippen LogP contribution in [0.4, 0.5) is 0 Å². The molecular weight excluding hydrogens is 332 g/mol. The summed E-state index contributed by atoms with van der Waals surface area (Å²) in [4.78, 5) is 11.9. The Morgan fingerprint density at radius 1 is 1.24 bits per heavy atom. The van der Waals surface area contributed by atoms with E-state index >= 15 is 0 Å². The molecule has 2 aromatic carbocycles. The van der Waals surface area contributed by atoms with Gasteiger partial charge in [-0.25, -0.2) is 5.43 Å². The van der Waals surface area contributed by atoms with Crippen LogP contribution >= 0.6 is 15.9 Å². The number of nitrogens with zero attached hydrogens (tertiary/aromatic N) is 1. The molecule has 0 radical (unpaired) electrons. The fourth-order valence-corrected chi connectivity index (χ4v) is 2.40. The Balaban J connectivity index is 2.10. The van der Waals surface area contributed by atoms with E-state index in [4.69, 9.17) is 0 Å². The standard InChI is InChI=1S/C16H15BrN2O2/c1-10-7-12(8-11(2)15(10)20)9-18-19-16(21)13-5-3-4-6-14(13)17/h3-9,20H,1-2H3,(H,19,21)/b18-9+. The van der Waals surface area contributed by atoms with E-state index in [9.17, 15) is 9.90 Å². The predicted molar refractivity (Wildman–Crippen MR) is 86.8 cm³/mol. The minimum absolute atomic E-state index is 0.282. The van der Waals surface area contributed by atoms with Crippen LogP contribution in [0, 0.1) is 13.8 Å². The Morgan fingerprint density at radius 2 is 1.86 bits per heavy atom. The van der Waals surface area contributed by atoms with Gasteiger partial charge in [0.2, 0.25) is 0 Å². The van der Waals surface area contributed by atoms with Gasteiger partial charge in [0.05, 0.1) is 11.8 Å². The molecule has 0 saturated heterocycles. The molecule has 0 aromatic heterocycles. The molecule has 0 aliphatic heterocycles. The molecule has 0 aliphatic carbocycles. The van der Waals surface area contributed by atoms with Gasteiger partial charge in [-0.3, -0.25) is 4.79 Å². The third kappa shape index (κ3) is 3.70. The lowest BCUT2D eigenvalue weighted by Gasteiger charge is -2.05. The average molecular weight is 347 g/mol. The van der Waals surface area contributed by atoms with Gasteiger partial charge in [-0.1, -0.05) is 12.1 Å². The summed E-state index contributed by atoms with van der Waals surface area (Å²) in [6, 6.07) is 10.7. The molecule has 2 N–H and O–H groups in total. The van der Waals surface area contributed by atoms with Crippen molar-refractivity contribution in [3.05, 3.63) is 63.1 Å². The summed E-state index contributed by atoms with van der Waals surface area (Å²) in [6.45, 7) is 3.64. The van der Waals surface area contributed by atoms with E-state index in [1.807, 2.05) is 19.9 Å². The first-order valence-electron chi connectivity index (χ1n) is 6.37. The Kier molecular flexibility index (Phi) is 4.75. The molecule has 1 amide bonds. The molecule has 21 heavy (non-hydrogen) atoms. The van der Waals surface area contributed by atoms with Crippen molar-refractivity contribution in [2.45, 2.75) is 13.8 Å². The molecule has 0 bridgehead atoms. The van der Waals surface area contributed by atoms with Crippen LogP contribution in [0.25, 0.3) is 0 Å². The molecule has 0 spiro atoms. The number of carbonyl (C=O) groups is 1. The van der Waals surface area contributed by atoms with Crippen molar-refractivity contribution in [1.82, 2.24) is 5.43 Å². The second-order valence-electron chi connectivity index (χ2n) is 4.68. The van der Waals surface area contributed by atoms with Crippen molar-refractivity contribution in [2.24, 2.45) is 5.10 Å². The van der Waals surface area contributed by atoms with Crippen molar-refractivity contribution >= 4 is 28.1 Å². The third-order valence-electron chi connectivity index (χ3n) is 3.01. The van der Waals surface area contributed by atoms with E-state index < -0.39 is 0 Å².